The Kier molecular flexibility index (Phi) is 32.8. The molecule has 0 aliphatic carbocycles. The molecule has 0 fully saturated rings. The van der Waals surface area contributed by atoms with Crippen molar-refractivity contribution in [3.63, 3.8) is 0 Å². The van der Waals surface area contributed by atoms with Crippen LogP contribution in [0.25, 0.3) is 0 Å². The Labute approximate surface area is 79.4 Å². The van der Waals surface area contributed by atoms with Crippen LogP contribution < -0.4 is 0 Å². The van der Waals surface area contributed by atoms with Gasteiger partial charge in [0.15, 0.2) is 0 Å². The van der Waals surface area contributed by atoms with Crippen molar-refractivity contribution in [2.24, 2.45) is 0 Å². The van der Waals surface area contributed by atoms with Crippen LogP contribution >= 0.6 is 0 Å². The largest absolute Gasteiger partial charge is 0.100 e. The highest BCUT2D eigenvalue weighted by molar-refractivity contribution is 4.84. The summed E-state index contributed by atoms with van der Waals surface area (Å²) in [4.78, 5) is 0. The van der Waals surface area contributed by atoms with Gasteiger partial charge in [0.05, 0.1) is 0 Å². The van der Waals surface area contributed by atoms with Crippen LogP contribution in [0.3, 0.4) is 0 Å². The second-order valence-electron chi connectivity index (χ2n) is 2.29. The molecule has 0 bridgehead atoms. The quantitative estimate of drug-likeness (QED) is 0.513. The molecule has 0 spiro atoms. The van der Waals surface area contributed by atoms with E-state index in [1.54, 1.807) is 0 Å². The molecule has 0 unspecified atom stereocenters. The van der Waals surface area contributed by atoms with Gasteiger partial charge < -0.3 is 0 Å². The van der Waals surface area contributed by atoms with Crippen molar-refractivity contribution < 1.29 is 0 Å². The van der Waals surface area contributed by atoms with Crippen molar-refractivity contribution >= 4 is 0 Å². The molecule has 0 radical (unpaired) electrons. The minimum Gasteiger partial charge on any atom is -0.100 e. The third-order valence-electron chi connectivity index (χ3n) is 1.07. The summed E-state index contributed by atoms with van der Waals surface area (Å²) in [6.07, 6.45) is 6.45. The van der Waals surface area contributed by atoms with Gasteiger partial charge in [0.1, 0.15) is 0 Å². The van der Waals surface area contributed by atoms with Gasteiger partial charge in [-0.2, -0.15) is 0 Å². The Morgan fingerprint density at radius 1 is 1.25 bits per heavy atom. The molecule has 0 amide bonds. The van der Waals surface area contributed by atoms with Crippen molar-refractivity contribution in [1.82, 2.24) is 0 Å². The zero-order chi connectivity index (χ0) is 10.4. The molecule has 0 heterocycles. The first-order chi connectivity index (χ1) is 5.68. The Bertz CT molecular complexity index is 88.2. The molecule has 0 aromatic rings. The number of allylic oxidation sites excluding steroid dienone is 3. The van der Waals surface area contributed by atoms with Crippen molar-refractivity contribution in [3.05, 3.63) is 24.3 Å². The van der Waals surface area contributed by atoms with E-state index in [0.717, 1.165) is 12.8 Å². The van der Waals surface area contributed by atoms with Crippen molar-refractivity contribution in [2.75, 3.05) is 0 Å². The molecule has 0 nitrogen and oxygen atoms in total. The second kappa shape index (κ2) is 22.4. The lowest BCUT2D eigenvalue weighted by atomic mass is 10.3. The van der Waals surface area contributed by atoms with Gasteiger partial charge in [0, 0.05) is 0 Å². The third-order valence-corrected chi connectivity index (χ3v) is 1.07. The molecule has 0 aliphatic heterocycles. The van der Waals surface area contributed by atoms with Crippen LogP contribution in [0.2, 0.25) is 0 Å². The van der Waals surface area contributed by atoms with Crippen LogP contribution in [0.4, 0.5) is 0 Å². The van der Waals surface area contributed by atoms with Crippen LogP contribution in [0.5, 0.6) is 0 Å². The maximum absolute atomic E-state index is 3.67. The van der Waals surface area contributed by atoms with Crippen LogP contribution in [-0.2, 0) is 0 Å². The SMILES string of the molecule is C/C=C\CC.C=C(C)CC.CC. The van der Waals surface area contributed by atoms with Gasteiger partial charge in [-0.25, -0.2) is 0 Å². The number of hydrogen-bond donors (Lipinski definition) is 0. The summed E-state index contributed by atoms with van der Waals surface area (Å²) < 4.78 is 0. The highest BCUT2D eigenvalue weighted by Gasteiger charge is 1.67. The molecular weight excluding hydrogens is 144 g/mol. The Morgan fingerprint density at radius 3 is 1.58 bits per heavy atom. The lowest BCUT2D eigenvalue weighted by Crippen LogP contribution is -1.58. The standard InChI is InChI=1S/2C5H10.C2H6/c1-4-5(2)3;1-3-5-4-2;1-2/h2,4H2,1,3H3;3,5H,4H2,1-2H3;1-2H3/b;5-3-;. The van der Waals surface area contributed by atoms with Gasteiger partial charge in [-0.15, -0.1) is 6.58 Å². The normalized spacial score (nSPS) is 7.83. The van der Waals surface area contributed by atoms with E-state index in [1.807, 2.05) is 27.7 Å². The summed E-state index contributed by atoms with van der Waals surface area (Å²) in [5.74, 6) is 0. The van der Waals surface area contributed by atoms with E-state index in [9.17, 15) is 0 Å². The molecule has 0 aliphatic rings. The highest BCUT2D eigenvalue weighted by atomic mass is 13.7. The maximum atomic E-state index is 3.67. The lowest BCUT2D eigenvalue weighted by Gasteiger charge is -1.79. The zero-order valence-electron chi connectivity index (χ0n) is 9.78. The van der Waals surface area contributed by atoms with Gasteiger partial charge in [-0.1, -0.05) is 45.4 Å². The summed E-state index contributed by atoms with van der Waals surface area (Å²) in [6.45, 7) is 16.0. The maximum Gasteiger partial charge on any atom is -0.0354 e. The van der Waals surface area contributed by atoms with Crippen molar-refractivity contribution in [1.29, 1.82) is 0 Å². The molecule has 0 heteroatoms. The molecule has 0 atom stereocenters. The Morgan fingerprint density at radius 2 is 1.58 bits per heavy atom. The van der Waals surface area contributed by atoms with E-state index < -0.39 is 0 Å². The van der Waals surface area contributed by atoms with Crippen LogP contribution in [0.1, 0.15) is 54.4 Å². The van der Waals surface area contributed by atoms with E-state index >= 15 is 0 Å². The fourth-order valence-electron chi connectivity index (χ4n) is 0.236. The minimum atomic E-state index is 1.11. The smallest absolute Gasteiger partial charge is 0.0354 e. The number of hydrogen-bond acceptors (Lipinski definition) is 0. The van der Waals surface area contributed by atoms with Crippen LogP contribution in [0.15, 0.2) is 24.3 Å². The molecule has 0 saturated carbocycles. The summed E-state index contributed by atoms with van der Waals surface area (Å²) >= 11 is 0. The summed E-state index contributed by atoms with van der Waals surface area (Å²) in [6, 6.07) is 0. The monoisotopic (exact) mass is 170 g/mol. The van der Waals surface area contributed by atoms with Gasteiger partial charge in [0.25, 0.3) is 0 Å². The van der Waals surface area contributed by atoms with E-state index in [2.05, 4.69) is 32.6 Å². The number of rotatable bonds is 2. The molecule has 0 rings (SSSR count). The summed E-state index contributed by atoms with van der Waals surface area (Å²) in [5, 5.41) is 0. The second-order valence-corrected chi connectivity index (χ2v) is 2.29. The minimum absolute atomic E-state index is 1.11. The first kappa shape index (κ1) is 17.5. The lowest BCUT2D eigenvalue weighted by molar-refractivity contribution is 1.11. The Hall–Kier alpha value is -0.520. The summed E-state index contributed by atoms with van der Waals surface area (Å²) in [5.41, 5.74) is 1.25. The molecular formula is C12H26. The van der Waals surface area contributed by atoms with E-state index in [1.165, 1.54) is 5.57 Å². The van der Waals surface area contributed by atoms with Crippen LogP contribution in [0, 0.1) is 0 Å². The van der Waals surface area contributed by atoms with Gasteiger partial charge in [0.2, 0.25) is 0 Å². The van der Waals surface area contributed by atoms with Gasteiger partial charge in [-0.3, -0.25) is 0 Å². The third kappa shape index (κ3) is 56.3. The van der Waals surface area contributed by atoms with E-state index in [4.69, 9.17) is 0 Å². The molecule has 0 N–H and O–H groups in total. The predicted octanol–water partition coefficient (Wildman–Crippen LogP) is 4.97. The molecule has 0 saturated heterocycles. The molecule has 74 valence electrons. The Balaban J connectivity index is -0.000000112. The predicted molar refractivity (Wildman–Crippen MR) is 61.6 cm³/mol. The average molecular weight is 170 g/mol. The fraction of sp³-hybridized carbons (Fsp3) is 0.667. The van der Waals surface area contributed by atoms with Crippen molar-refractivity contribution in [2.45, 2.75) is 54.4 Å². The topological polar surface area (TPSA) is 0 Å². The van der Waals surface area contributed by atoms with Crippen LogP contribution in [-0.4, -0.2) is 0 Å². The fourth-order valence-corrected chi connectivity index (χ4v) is 0.236. The first-order valence-electron chi connectivity index (χ1n) is 4.94. The first-order valence-corrected chi connectivity index (χ1v) is 4.94. The van der Waals surface area contributed by atoms with Gasteiger partial charge in [-0.05, 0) is 26.7 Å². The van der Waals surface area contributed by atoms with E-state index in [-0.39, 0.29) is 0 Å². The molecule has 0 aromatic carbocycles. The van der Waals surface area contributed by atoms with Gasteiger partial charge >= 0.3 is 0 Å². The van der Waals surface area contributed by atoms with E-state index in [0.29, 0.717) is 0 Å². The van der Waals surface area contributed by atoms with Crippen molar-refractivity contribution in [3.8, 4) is 0 Å². The average Bonchev–Trinajstić information content (AvgIpc) is 2.10. The highest BCUT2D eigenvalue weighted by Crippen LogP contribution is 1.88. The molecule has 0 aromatic heterocycles. The zero-order valence-corrected chi connectivity index (χ0v) is 9.78. The summed E-state index contributed by atoms with van der Waals surface area (Å²) in [7, 11) is 0. The molecule has 12 heavy (non-hydrogen) atoms.